The number of halogens is 3. The van der Waals surface area contributed by atoms with E-state index in [0.29, 0.717) is 12.8 Å². The molecule has 0 aromatic heterocycles. The van der Waals surface area contributed by atoms with E-state index in [1.165, 1.54) is 0 Å². The van der Waals surface area contributed by atoms with Crippen LogP contribution in [0, 0.1) is 16.7 Å². The lowest BCUT2D eigenvalue weighted by Gasteiger charge is -2.29. The number of nitrogens with zero attached hydrogens (tertiary/aromatic N) is 2. The van der Waals surface area contributed by atoms with Crippen molar-refractivity contribution in [2.75, 3.05) is 12.8 Å². The number of amides is 2. The van der Waals surface area contributed by atoms with E-state index >= 15 is 0 Å². The van der Waals surface area contributed by atoms with Gasteiger partial charge in [-0.05, 0) is 32.1 Å². The van der Waals surface area contributed by atoms with Gasteiger partial charge >= 0.3 is 6.18 Å². The van der Waals surface area contributed by atoms with Crippen LogP contribution in [0.15, 0.2) is 0 Å². The lowest BCUT2D eigenvalue weighted by Crippen LogP contribution is -2.53. The van der Waals surface area contributed by atoms with Crippen molar-refractivity contribution in [2.24, 2.45) is 5.41 Å². The van der Waals surface area contributed by atoms with Crippen LogP contribution in [0.4, 0.5) is 13.2 Å². The van der Waals surface area contributed by atoms with Crippen molar-refractivity contribution in [3.63, 3.8) is 0 Å². The predicted octanol–water partition coefficient (Wildman–Crippen LogP) is 0.515. The normalized spacial score (nSPS) is 29.0. The summed E-state index contributed by atoms with van der Waals surface area (Å²) >= 11 is 0. The molecule has 3 fully saturated rings. The Morgan fingerprint density at radius 3 is 2.19 bits per heavy atom. The van der Waals surface area contributed by atoms with E-state index in [1.54, 1.807) is 0 Å². The van der Waals surface area contributed by atoms with Crippen molar-refractivity contribution in [3.05, 3.63) is 0 Å². The third-order valence-corrected chi connectivity index (χ3v) is 7.01. The standard InChI is InChI=1S/C15H18F3N3O4S/c1-26(24,25)9-6-10(11(22)20-13(8-19)2-3-13)21(7-9)12(23)14(4-5-14)15(16,17)18/h9-10H,2-7H2,1H3,(H,20,22)/t9-,10+/m1/s1. The lowest BCUT2D eigenvalue weighted by molar-refractivity contribution is -0.199. The lowest BCUT2D eigenvalue weighted by atomic mass is 10.0. The van der Waals surface area contributed by atoms with Gasteiger partial charge in [0.05, 0.1) is 11.3 Å². The van der Waals surface area contributed by atoms with E-state index in [2.05, 4.69) is 5.32 Å². The quantitative estimate of drug-likeness (QED) is 0.749. The summed E-state index contributed by atoms with van der Waals surface area (Å²) in [6, 6.07) is 0.599. The first-order valence-corrected chi connectivity index (χ1v) is 10.1. The van der Waals surface area contributed by atoms with Crippen molar-refractivity contribution in [1.29, 1.82) is 5.26 Å². The average Bonchev–Trinajstić information content (AvgIpc) is 3.42. The Labute approximate surface area is 148 Å². The van der Waals surface area contributed by atoms with Gasteiger partial charge in [0.1, 0.15) is 17.0 Å². The van der Waals surface area contributed by atoms with Crippen LogP contribution in [0.2, 0.25) is 0 Å². The summed E-state index contributed by atoms with van der Waals surface area (Å²) < 4.78 is 63.5. The van der Waals surface area contributed by atoms with Crippen LogP contribution in [0.25, 0.3) is 0 Å². The second-order valence-electron chi connectivity index (χ2n) is 7.42. The highest BCUT2D eigenvalue weighted by Gasteiger charge is 2.70. The first kappa shape index (κ1) is 18.9. The number of rotatable bonds is 4. The molecule has 0 spiro atoms. The molecule has 3 rings (SSSR count). The van der Waals surface area contributed by atoms with Gasteiger partial charge in [-0.2, -0.15) is 18.4 Å². The zero-order valence-corrected chi connectivity index (χ0v) is 14.8. The molecule has 11 heteroatoms. The molecule has 2 saturated carbocycles. The molecule has 1 N–H and O–H groups in total. The Balaban J connectivity index is 1.86. The maximum atomic E-state index is 13.3. The monoisotopic (exact) mass is 393 g/mol. The number of likely N-dealkylation sites (tertiary alicyclic amines) is 1. The number of sulfone groups is 1. The summed E-state index contributed by atoms with van der Waals surface area (Å²) in [4.78, 5) is 25.8. The summed E-state index contributed by atoms with van der Waals surface area (Å²) in [6.07, 6.45) is -4.01. The van der Waals surface area contributed by atoms with Crippen molar-refractivity contribution >= 4 is 21.7 Å². The topological polar surface area (TPSA) is 107 Å². The van der Waals surface area contributed by atoms with Crippen LogP contribution >= 0.6 is 0 Å². The first-order chi connectivity index (χ1) is 11.9. The van der Waals surface area contributed by atoms with Gasteiger partial charge < -0.3 is 10.2 Å². The molecular weight excluding hydrogens is 375 g/mol. The molecule has 7 nitrogen and oxygen atoms in total. The van der Waals surface area contributed by atoms with Crippen molar-refractivity contribution in [1.82, 2.24) is 10.2 Å². The molecule has 0 aromatic carbocycles. The molecule has 2 amide bonds. The highest BCUT2D eigenvalue weighted by atomic mass is 32.2. The molecule has 1 heterocycles. The Morgan fingerprint density at radius 2 is 1.81 bits per heavy atom. The molecule has 1 aliphatic heterocycles. The molecular formula is C15H18F3N3O4S. The van der Waals surface area contributed by atoms with Gasteiger partial charge in [-0.3, -0.25) is 9.59 Å². The Hall–Kier alpha value is -1.83. The van der Waals surface area contributed by atoms with Crippen LogP contribution in [-0.4, -0.2) is 60.9 Å². The van der Waals surface area contributed by atoms with E-state index in [9.17, 15) is 31.2 Å². The Bertz CT molecular complexity index is 794. The fourth-order valence-corrected chi connectivity index (χ4v) is 4.27. The number of nitrogens with one attached hydrogen (secondary N) is 1. The summed E-state index contributed by atoms with van der Waals surface area (Å²) in [5.41, 5.74) is -3.58. The van der Waals surface area contributed by atoms with Gasteiger partial charge in [-0.1, -0.05) is 0 Å². The largest absolute Gasteiger partial charge is 0.403 e. The first-order valence-electron chi connectivity index (χ1n) is 8.15. The summed E-state index contributed by atoms with van der Waals surface area (Å²) in [6.45, 7) is -0.451. The van der Waals surface area contributed by atoms with E-state index in [-0.39, 0.29) is 19.3 Å². The second kappa shape index (κ2) is 5.58. The van der Waals surface area contributed by atoms with E-state index in [4.69, 9.17) is 5.26 Å². The maximum Gasteiger partial charge on any atom is 0.403 e. The van der Waals surface area contributed by atoms with E-state index < -0.39 is 56.6 Å². The molecule has 2 atom stereocenters. The molecule has 1 saturated heterocycles. The molecule has 0 aromatic rings. The van der Waals surface area contributed by atoms with Crippen molar-refractivity contribution < 1.29 is 31.2 Å². The zero-order valence-electron chi connectivity index (χ0n) is 14.0. The molecule has 144 valence electrons. The van der Waals surface area contributed by atoms with Crippen molar-refractivity contribution in [2.45, 2.75) is 55.1 Å². The van der Waals surface area contributed by atoms with E-state index in [1.807, 2.05) is 6.07 Å². The number of hydrogen-bond acceptors (Lipinski definition) is 5. The summed E-state index contributed by atoms with van der Waals surface area (Å²) in [5, 5.41) is 10.4. The zero-order chi connectivity index (χ0) is 19.5. The Kier molecular flexibility index (Phi) is 4.07. The predicted molar refractivity (Wildman–Crippen MR) is 82.2 cm³/mol. The van der Waals surface area contributed by atoms with Gasteiger partial charge in [-0.15, -0.1) is 0 Å². The smallest absolute Gasteiger partial charge is 0.336 e. The summed E-state index contributed by atoms with van der Waals surface area (Å²) in [5.74, 6) is -2.03. The van der Waals surface area contributed by atoms with Crippen LogP contribution < -0.4 is 5.32 Å². The number of hydrogen-bond donors (Lipinski definition) is 1. The van der Waals surface area contributed by atoms with Gasteiger partial charge in [0.15, 0.2) is 9.84 Å². The van der Waals surface area contributed by atoms with Crippen LogP contribution in [0.1, 0.15) is 32.1 Å². The minimum absolute atomic E-state index is 0.272. The fraction of sp³-hybridized carbons (Fsp3) is 0.800. The van der Waals surface area contributed by atoms with Crippen LogP contribution in [0.5, 0.6) is 0 Å². The maximum absolute atomic E-state index is 13.3. The minimum Gasteiger partial charge on any atom is -0.336 e. The molecule has 3 aliphatic rings. The highest BCUT2D eigenvalue weighted by Crippen LogP contribution is 2.59. The molecule has 0 radical (unpaired) electrons. The molecule has 0 bridgehead atoms. The summed E-state index contributed by atoms with van der Waals surface area (Å²) in [7, 11) is -3.65. The Morgan fingerprint density at radius 1 is 1.23 bits per heavy atom. The van der Waals surface area contributed by atoms with Crippen LogP contribution in [-0.2, 0) is 19.4 Å². The van der Waals surface area contributed by atoms with Gasteiger partial charge in [0.2, 0.25) is 11.8 Å². The van der Waals surface area contributed by atoms with Crippen molar-refractivity contribution in [3.8, 4) is 6.07 Å². The molecule has 26 heavy (non-hydrogen) atoms. The molecule has 0 unspecified atom stereocenters. The van der Waals surface area contributed by atoms with E-state index in [0.717, 1.165) is 11.2 Å². The highest BCUT2D eigenvalue weighted by molar-refractivity contribution is 7.91. The average molecular weight is 393 g/mol. The number of carbonyl (C=O) groups excluding carboxylic acids is 2. The third kappa shape index (κ3) is 3.04. The number of nitriles is 1. The second-order valence-corrected chi connectivity index (χ2v) is 9.75. The molecule has 2 aliphatic carbocycles. The third-order valence-electron chi connectivity index (χ3n) is 5.46. The van der Waals surface area contributed by atoms with Gasteiger partial charge in [0.25, 0.3) is 0 Å². The SMILES string of the molecule is CS(=O)(=O)[C@@H]1C[C@@H](C(=O)NC2(C#N)CC2)N(C(=O)C2(C(F)(F)F)CC2)C1. The van der Waals surface area contributed by atoms with Crippen LogP contribution in [0.3, 0.4) is 0 Å². The minimum atomic E-state index is -4.75. The van der Waals surface area contributed by atoms with Gasteiger partial charge in [0, 0.05) is 12.8 Å². The number of carbonyl (C=O) groups is 2. The fourth-order valence-electron chi connectivity index (χ4n) is 3.31. The van der Waals surface area contributed by atoms with Gasteiger partial charge in [-0.25, -0.2) is 8.42 Å². The number of alkyl halides is 3.